The Morgan fingerprint density at radius 3 is 2.57 bits per heavy atom. The van der Waals surface area contributed by atoms with Gasteiger partial charge in [0.15, 0.2) is 5.82 Å². The van der Waals surface area contributed by atoms with E-state index in [1.165, 1.54) is 0 Å². The third-order valence-electron chi connectivity index (χ3n) is 1.89. The minimum Gasteiger partial charge on any atom is -0.317 e. The van der Waals surface area contributed by atoms with Crippen molar-refractivity contribution >= 4 is 23.2 Å². The lowest BCUT2D eigenvalue weighted by Gasteiger charge is -2.01. The van der Waals surface area contributed by atoms with Gasteiger partial charge in [-0.2, -0.15) is 0 Å². The Morgan fingerprint density at radius 2 is 2.00 bits per heavy atom. The van der Waals surface area contributed by atoms with Gasteiger partial charge in [0.1, 0.15) is 6.33 Å². The molecule has 0 aliphatic carbocycles. The Morgan fingerprint density at radius 1 is 1.21 bits per heavy atom. The Balaban J connectivity index is 2.53. The lowest BCUT2D eigenvalue weighted by Crippen LogP contribution is -1.90. The van der Waals surface area contributed by atoms with Crippen molar-refractivity contribution in [2.75, 3.05) is 0 Å². The molecule has 0 radical (unpaired) electrons. The van der Waals surface area contributed by atoms with E-state index >= 15 is 0 Å². The summed E-state index contributed by atoms with van der Waals surface area (Å²) in [7, 11) is 1.87. The number of hydrogen-bond donors (Lipinski definition) is 0. The standard InChI is InChI=1S/C9H7Cl2N3/c1-14-5-12-13-9(14)6-2-3-7(10)8(11)4-6/h2-5H,1H3. The lowest BCUT2D eigenvalue weighted by molar-refractivity contribution is 0.920. The smallest absolute Gasteiger partial charge is 0.163 e. The second-order valence-corrected chi connectivity index (χ2v) is 3.71. The first kappa shape index (κ1) is 9.49. The summed E-state index contributed by atoms with van der Waals surface area (Å²) in [5.41, 5.74) is 0.902. The van der Waals surface area contributed by atoms with E-state index < -0.39 is 0 Å². The molecule has 0 amide bonds. The van der Waals surface area contributed by atoms with Crippen LogP contribution in [0.15, 0.2) is 24.5 Å². The van der Waals surface area contributed by atoms with E-state index in [0.717, 1.165) is 11.4 Å². The number of aryl methyl sites for hydroxylation is 1. The lowest BCUT2D eigenvalue weighted by atomic mass is 10.2. The zero-order chi connectivity index (χ0) is 10.1. The summed E-state index contributed by atoms with van der Waals surface area (Å²) in [4.78, 5) is 0. The second-order valence-electron chi connectivity index (χ2n) is 2.89. The first-order valence-corrected chi connectivity index (χ1v) is 4.73. The summed E-state index contributed by atoms with van der Waals surface area (Å²) < 4.78 is 1.82. The molecular formula is C9H7Cl2N3. The molecule has 14 heavy (non-hydrogen) atoms. The largest absolute Gasteiger partial charge is 0.317 e. The monoisotopic (exact) mass is 227 g/mol. The zero-order valence-electron chi connectivity index (χ0n) is 7.41. The van der Waals surface area contributed by atoms with Crippen LogP contribution in [0.3, 0.4) is 0 Å². The third kappa shape index (κ3) is 1.61. The normalized spacial score (nSPS) is 10.5. The van der Waals surface area contributed by atoms with Crippen molar-refractivity contribution < 1.29 is 0 Å². The van der Waals surface area contributed by atoms with Crippen molar-refractivity contribution in [2.45, 2.75) is 0 Å². The molecule has 1 heterocycles. The maximum absolute atomic E-state index is 5.89. The maximum Gasteiger partial charge on any atom is 0.163 e. The van der Waals surface area contributed by atoms with E-state index in [1.807, 2.05) is 17.7 Å². The molecule has 0 fully saturated rings. The minimum atomic E-state index is 0.521. The van der Waals surface area contributed by atoms with Gasteiger partial charge in [0.25, 0.3) is 0 Å². The summed E-state index contributed by atoms with van der Waals surface area (Å²) in [5.74, 6) is 0.767. The van der Waals surface area contributed by atoms with E-state index in [2.05, 4.69) is 10.2 Å². The van der Waals surface area contributed by atoms with Gasteiger partial charge in [0, 0.05) is 12.6 Å². The molecule has 0 bridgehead atoms. The van der Waals surface area contributed by atoms with Gasteiger partial charge in [-0.25, -0.2) is 0 Å². The van der Waals surface area contributed by atoms with Crippen molar-refractivity contribution in [2.24, 2.45) is 7.05 Å². The van der Waals surface area contributed by atoms with Gasteiger partial charge in [0.2, 0.25) is 0 Å². The van der Waals surface area contributed by atoms with E-state index in [-0.39, 0.29) is 0 Å². The molecule has 0 spiro atoms. The van der Waals surface area contributed by atoms with Crippen molar-refractivity contribution in [1.82, 2.24) is 14.8 Å². The molecule has 0 N–H and O–H groups in total. The number of nitrogens with zero attached hydrogens (tertiary/aromatic N) is 3. The molecule has 2 aromatic rings. The van der Waals surface area contributed by atoms with Crippen molar-refractivity contribution in [3.8, 4) is 11.4 Å². The highest BCUT2D eigenvalue weighted by atomic mass is 35.5. The molecular weight excluding hydrogens is 221 g/mol. The first-order valence-electron chi connectivity index (χ1n) is 3.98. The van der Waals surface area contributed by atoms with Crippen LogP contribution in [-0.4, -0.2) is 14.8 Å². The second kappa shape index (κ2) is 3.59. The average Bonchev–Trinajstić information content (AvgIpc) is 2.57. The van der Waals surface area contributed by atoms with Crippen LogP contribution in [0.1, 0.15) is 0 Å². The Labute approximate surface area is 91.3 Å². The van der Waals surface area contributed by atoms with Gasteiger partial charge in [-0.1, -0.05) is 23.2 Å². The summed E-state index contributed by atoms with van der Waals surface area (Å²) in [6.07, 6.45) is 1.64. The molecule has 0 aliphatic heterocycles. The zero-order valence-corrected chi connectivity index (χ0v) is 8.92. The topological polar surface area (TPSA) is 30.7 Å². The molecule has 2 rings (SSSR count). The molecule has 0 saturated heterocycles. The molecule has 0 unspecified atom stereocenters. The van der Waals surface area contributed by atoms with Crippen LogP contribution >= 0.6 is 23.2 Å². The number of rotatable bonds is 1. The molecule has 5 heteroatoms. The molecule has 3 nitrogen and oxygen atoms in total. The highest BCUT2D eigenvalue weighted by Crippen LogP contribution is 2.26. The summed E-state index contributed by atoms with van der Waals surface area (Å²) in [6.45, 7) is 0. The van der Waals surface area contributed by atoms with Gasteiger partial charge >= 0.3 is 0 Å². The van der Waals surface area contributed by atoms with E-state index in [1.54, 1.807) is 18.5 Å². The van der Waals surface area contributed by atoms with Crippen LogP contribution in [0, 0.1) is 0 Å². The van der Waals surface area contributed by atoms with E-state index in [9.17, 15) is 0 Å². The SMILES string of the molecule is Cn1cnnc1-c1ccc(Cl)c(Cl)c1. The number of aromatic nitrogens is 3. The molecule has 0 saturated carbocycles. The summed E-state index contributed by atoms with van der Waals surface area (Å²) in [6, 6.07) is 5.38. The molecule has 1 aromatic heterocycles. The number of benzene rings is 1. The van der Waals surface area contributed by atoms with Crippen molar-refractivity contribution in [3.05, 3.63) is 34.6 Å². The molecule has 0 aliphatic rings. The predicted molar refractivity (Wildman–Crippen MR) is 56.5 cm³/mol. The highest BCUT2D eigenvalue weighted by molar-refractivity contribution is 6.42. The van der Waals surface area contributed by atoms with Crippen LogP contribution in [0.5, 0.6) is 0 Å². The van der Waals surface area contributed by atoms with E-state index in [4.69, 9.17) is 23.2 Å². The molecule has 72 valence electrons. The van der Waals surface area contributed by atoms with Crippen LogP contribution in [-0.2, 0) is 7.05 Å². The van der Waals surface area contributed by atoms with Gasteiger partial charge < -0.3 is 4.57 Å². The molecule has 1 aromatic carbocycles. The first-order chi connectivity index (χ1) is 6.68. The van der Waals surface area contributed by atoms with Crippen molar-refractivity contribution in [3.63, 3.8) is 0 Å². The van der Waals surface area contributed by atoms with Crippen LogP contribution in [0.2, 0.25) is 10.0 Å². The summed E-state index contributed by atoms with van der Waals surface area (Å²) in [5, 5.41) is 8.82. The quantitative estimate of drug-likeness (QED) is 0.751. The van der Waals surface area contributed by atoms with Crippen molar-refractivity contribution in [1.29, 1.82) is 0 Å². The fourth-order valence-corrected chi connectivity index (χ4v) is 1.48. The fourth-order valence-electron chi connectivity index (χ4n) is 1.18. The van der Waals surface area contributed by atoms with Gasteiger partial charge in [0.05, 0.1) is 10.0 Å². The fraction of sp³-hybridized carbons (Fsp3) is 0.111. The Bertz CT molecular complexity index is 465. The van der Waals surface area contributed by atoms with Gasteiger partial charge in [-0.05, 0) is 18.2 Å². The maximum atomic E-state index is 5.89. The highest BCUT2D eigenvalue weighted by Gasteiger charge is 2.06. The Kier molecular flexibility index (Phi) is 2.44. The average molecular weight is 228 g/mol. The van der Waals surface area contributed by atoms with Gasteiger partial charge in [-0.3, -0.25) is 0 Å². The molecule has 0 atom stereocenters. The predicted octanol–water partition coefficient (Wildman–Crippen LogP) is 2.79. The Hall–Kier alpha value is -1.06. The van der Waals surface area contributed by atoms with Crippen LogP contribution in [0.25, 0.3) is 11.4 Å². The van der Waals surface area contributed by atoms with Crippen LogP contribution in [0.4, 0.5) is 0 Å². The number of hydrogen-bond acceptors (Lipinski definition) is 2. The van der Waals surface area contributed by atoms with E-state index in [0.29, 0.717) is 10.0 Å². The van der Waals surface area contributed by atoms with Crippen LogP contribution < -0.4 is 0 Å². The number of halogens is 2. The van der Waals surface area contributed by atoms with Gasteiger partial charge in [-0.15, -0.1) is 10.2 Å². The third-order valence-corrected chi connectivity index (χ3v) is 2.63. The minimum absolute atomic E-state index is 0.521. The summed E-state index contributed by atoms with van der Waals surface area (Å²) >= 11 is 11.7.